The Labute approximate surface area is 120 Å². The maximum absolute atomic E-state index is 11.3. The van der Waals surface area contributed by atoms with Gasteiger partial charge in [-0.1, -0.05) is 30.3 Å². The fourth-order valence-corrected chi connectivity index (χ4v) is 2.95. The zero-order valence-electron chi connectivity index (χ0n) is 12.1. The first kappa shape index (κ1) is 15.0. The number of carbonyl (C=O) groups is 1. The molecule has 1 aromatic carbocycles. The van der Waals surface area contributed by atoms with Crippen LogP contribution in [0.1, 0.15) is 19.4 Å². The number of rotatable bonds is 4. The quantitative estimate of drug-likeness (QED) is 0.489. The van der Waals surface area contributed by atoms with Crippen LogP contribution in [0.4, 0.5) is 4.79 Å². The van der Waals surface area contributed by atoms with Gasteiger partial charge in [0.05, 0.1) is 0 Å². The van der Waals surface area contributed by atoms with Crippen molar-refractivity contribution in [3.05, 3.63) is 35.9 Å². The van der Waals surface area contributed by atoms with Crippen LogP contribution in [0.3, 0.4) is 0 Å². The van der Waals surface area contributed by atoms with Crippen LogP contribution in [0.2, 0.25) is 0 Å². The van der Waals surface area contributed by atoms with Crippen LogP contribution >= 0.6 is 0 Å². The molecule has 2 rings (SSSR count). The molecule has 1 aliphatic rings. The highest BCUT2D eigenvalue weighted by atomic mass is 16.5. The molecule has 2 N–H and O–H groups in total. The molecule has 0 spiro atoms. The van der Waals surface area contributed by atoms with E-state index in [0.717, 1.165) is 19.6 Å². The number of piperazine rings is 1. The van der Waals surface area contributed by atoms with Crippen molar-refractivity contribution in [1.29, 1.82) is 0 Å². The molecule has 1 amide bonds. The van der Waals surface area contributed by atoms with Gasteiger partial charge in [-0.25, -0.2) is 5.48 Å². The largest absolute Gasteiger partial charge is 0.329 e. The molecule has 0 aliphatic carbocycles. The summed E-state index contributed by atoms with van der Waals surface area (Å²) in [6.45, 7) is 7.04. The van der Waals surface area contributed by atoms with Crippen LogP contribution < -0.4 is 5.48 Å². The molecule has 108 valence electrons. The lowest BCUT2D eigenvalue weighted by atomic mass is 9.84. The van der Waals surface area contributed by atoms with Crippen molar-refractivity contribution < 1.29 is 10.0 Å². The monoisotopic (exact) mass is 275 g/mol. The van der Waals surface area contributed by atoms with Gasteiger partial charge in [0, 0.05) is 31.7 Å². The van der Waals surface area contributed by atoms with Gasteiger partial charge >= 0.3 is 7.41 Å². The van der Waals surface area contributed by atoms with Crippen molar-refractivity contribution in [2.75, 3.05) is 13.1 Å². The van der Waals surface area contributed by atoms with Crippen LogP contribution in [-0.4, -0.2) is 53.3 Å². The molecule has 1 aliphatic heterocycles. The van der Waals surface area contributed by atoms with Gasteiger partial charge in [-0.3, -0.25) is 14.9 Å². The summed E-state index contributed by atoms with van der Waals surface area (Å²) >= 11 is 0. The Morgan fingerprint density at radius 2 is 1.90 bits per heavy atom. The van der Waals surface area contributed by atoms with Gasteiger partial charge in [0.1, 0.15) is 0 Å². The van der Waals surface area contributed by atoms with Crippen molar-refractivity contribution in [2.24, 2.45) is 0 Å². The summed E-state index contributed by atoms with van der Waals surface area (Å²) in [6.07, 6.45) is 0. The predicted molar refractivity (Wildman–Crippen MR) is 79.9 cm³/mol. The summed E-state index contributed by atoms with van der Waals surface area (Å²) in [5.41, 5.74) is 3.02. The number of nitrogens with one attached hydrogen (secondary N) is 1. The van der Waals surface area contributed by atoms with Crippen molar-refractivity contribution >= 4 is 13.2 Å². The molecule has 1 aromatic rings. The average Bonchev–Trinajstić information content (AvgIpc) is 2.43. The zero-order chi connectivity index (χ0) is 14.5. The van der Waals surface area contributed by atoms with Gasteiger partial charge in [0.25, 0.3) is 0 Å². The third-order valence-electron chi connectivity index (χ3n) is 3.88. The number of benzene rings is 1. The number of nitrogens with zero attached hydrogens (tertiary/aromatic N) is 2. The maximum Gasteiger partial charge on any atom is 0.317 e. The third kappa shape index (κ3) is 3.82. The smallest absolute Gasteiger partial charge is 0.317 e. The molecular weight excluding hydrogens is 253 g/mol. The van der Waals surface area contributed by atoms with Crippen molar-refractivity contribution in [2.45, 2.75) is 32.5 Å². The lowest BCUT2D eigenvalue weighted by Gasteiger charge is -2.44. The second-order valence-electron chi connectivity index (χ2n) is 5.59. The summed E-state index contributed by atoms with van der Waals surface area (Å²) < 4.78 is 0. The van der Waals surface area contributed by atoms with Gasteiger partial charge in [-0.05, 0) is 19.4 Å². The molecular formula is C14H22BN3O2. The molecule has 20 heavy (non-hydrogen) atoms. The molecule has 0 saturated carbocycles. The number of hydroxylamine groups is 1. The molecule has 0 radical (unpaired) electrons. The Balaban J connectivity index is 1.93. The molecule has 2 unspecified atom stereocenters. The molecule has 0 aromatic heterocycles. The van der Waals surface area contributed by atoms with E-state index in [-0.39, 0.29) is 13.2 Å². The molecule has 1 saturated heterocycles. The molecule has 1 fully saturated rings. The lowest BCUT2D eigenvalue weighted by Crippen LogP contribution is -2.59. The second kappa shape index (κ2) is 6.88. The van der Waals surface area contributed by atoms with E-state index in [1.165, 1.54) is 5.56 Å². The molecule has 2 atom stereocenters. The van der Waals surface area contributed by atoms with Gasteiger partial charge in [-0.2, -0.15) is 0 Å². The van der Waals surface area contributed by atoms with Crippen molar-refractivity contribution in [1.82, 2.24) is 15.2 Å². The highest BCUT2D eigenvalue weighted by Crippen LogP contribution is 2.16. The summed E-state index contributed by atoms with van der Waals surface area (Å²) in [5, 5.41) is 8.65. The molecule has 5 nitrogen and oxygen atoms in total. The summed E-state index contributed by atoms with van der Waals surface area (Å²) in [6, 6.07) is 11.0. The van der Waals surface area contributed by atoms with Gasteiger partial charge in [-0.15, -0.1) is 0 Å². The first-order valence-corrected chi connectivity index (χ1v) is 7.05. The van der Waals surface area contributed by atoms with Crippen LogP contribution in [0.15, 0.2) is 30.3 Å². The van der Waals surface area contributed by atoms with E-state index in [9.17, 15) is 4.79 Å². The Hall–Kier alpha value is -1.37. The summed E-state index contributed by atoms with van der Waals surface area (Å²) in [5.74, 6) is -0.347. The van der Waals surface area contributed by atoms with Gasteiger partial charge < -0.3 is 4.81 Å². The number of amides is 1. The van der Waals surface area contributed by atoms with Gasteiger partial charge in [0.15, 0.2) is 0 Å². The molecule has 0 bridgehead atoms. The first-order valence-electron chi connectivity index (χ1n) is 7.05. The van der Waals surface area contributed by atoms with Gasteiger partial charge in [0.2, 0.25) is 5.81 Å². The van der Waals surface area contributed by atoms with Crippen molar-refractivity contribution in [3.8, 4) is 0 Å². The average molecular weight is 275 g/mol. The standard InChI is InChI=1S/C14H22BN3O2/c1-11-8-17(10-13-6-4-3-5-7-13)9-12(2)18(11)15-14(19)16-20/h3-7,11-12,15,20H,8-10H2,1-2H3,(H,16,19). The van der Waals surface area contributed by atoms with E-state index in [1.807, 2.05) is 6.07 Å². The fourth-order valence-electron chi connectivity index (χ4n) is 2.95. The fraction of sp³-hybridized carbons (Fsp3) is 0.500. The highest BCUT2D eigenvalue weighted by molar-refractivity contribution is 6.71. The third-order valence-corrected chi connectivity index (χ3v) is 3.88. The minimum atomic E-state index is -0.347. The Kier molecular flexibility index (Phi) is 5.17. The molecule has 6 heteroatoms. The van der Waals surface area contributed by atoms with E-state index in [1.54, 1.807) is 5.48 Å². The maximum atomic E-state index is 11.3. The minimum Gasteiger partial charge on any atom is -0.329 e. The Morgan fingerprint density at radius 3 is 2.45 bits per heavy atom. The normalized spacial score (nSPS) is 24.4. The Bertz CT molecular complexity index is 431. The first-order chi connectivity index (χ1) is 9.60. The summed E-state index contributed by atoms with van der Waals surface area (Å²) in [7, 11) is 0.248. The van der Waals surface area contributed by atoms with E-state index in [2.05, 4.69) is 47.8 Å². The van der Waals surface area contributed by atoms with E-state index in [4.69, 9.17) is 5.21 Å². The van der Waals surface area contributed by atoms with Crippen LogP contribution in [0, 0.1) is 0 Å². The predicted octanol–water partition coefficient (Wildman–Crippen LogP) is 1.03. The topological polar surface area (TPSA) is 55.8 Å². The molecule has 1 heterocycles. The Morgan fingerprint density at radius 1 is 1.30 bits per heavy atom. The summed E-state index contributed by atoms with van der Waals surface area (Å²) in [4.78, 5) is 15.9. The lowest BCUT2D eigenvalue weighted by molar-refractivity contribution is 0.0945. The SMILES string of the molecule is CC1CN(Cc2ccccc2)CC(C)N1BC(=O)NO. The number of hydrogen-bond acceptors (Lipinski definition) is 4. The van der Waals surface area contributed by atoms with E-state index >= 15 is 0 Å². The zero-order valence-corrected chi connectivity index (χ0v) is 12.1. The second-order valence-corrected chi connectivity index (χ2v) is 5.59. The van der Waals surface area contributed by atoms with Crippen molar-refractivity contribution in [3.63, 3.8) is 0 Å². The van der Waals surface area contributed by atoms with Crippen LogP contribution in [-0.2, 0) is 6.54 Å². The highest BCUT2D eigenvalue weighted by Gasteiger charge is 2.31. The number of carbonyl (C=O) groups excluding carboxylic acids is 1. The van der Waals surface area contributed by atoms with Crippen LogP contribution in [0.5, 0.6) is 0 Å². The minimum absolute atomic E-state index is 0.248. The number of hydrogen-bond donors (Lipinski definition) is 2. The van der Waals surface area contributed by atoms with E-state index < -0.39 is 0 Å². The van der Waals surface area contributed by atoms with E-state index in [0.29, 0.717) is 12.1 Å². The van der Waals surface area contributed by atoms with Crippen LogP contribution in [0.25, 0.3) is 0 Å².